The molecule has 1 aliphatic rings. The van der Waals surface area contributed by atoms with E-state index in [1.165, 1.54) is 0 Å². The number of carbonyl (C=O) groups is 1. The van der Waals surface area contributed by atoms with Crippen LogP contribution in [0.4, 0.5) is 0 Å². The van der Waals surface area contributed by atoms with Gasteiger partial charge in [-0.2, -0.15) is 0 Å². The standard InChI is InChI=1S/C14H18N4O/c15-13(19)14(16)7-3-4-10(8-14)18-9-17-11-5-1-2-6-12(11)18/h1-2,5-6,9-10H,3-4,7-8,16H2,(H2,15,19). The predicted octanol–water partition coefficient (Wildman–Crippen LogP) is 1.33. The van der Waals surface area contributed by atoms with E-state index in [-0.39, 0.29) is 6.04 Å². The van der Waals surface area contributed by atoms with Gasteiger partial charge in [-0.05, 0) is 37.8 Å². The Hall–Kier alpha value is -1.88. The van der Waals surface area contributed by atoms with Crippen molar-refractivity contribution in [2.75, 3.05) is 0 Å². The number of aromatic nitrogens is 2. The topological polar surface area (TPSA) is 86.9 Å². The summed E-state index contributed by atoms with van der Waals surface area (Å²) in [5, 5.41) is 0. The number of nitrogens with two attached hydrogens (primary N) is 2. The lowest BCUT2D eigenvalue weighted by molar-refractivity contribution is -0.124. The monoisotopic (exact) mass is 258 g/mol. The number of hydrogen-bond donors (Lipinski definition) is 2. The summed E-state index contributed by atoms with van der Waals surface area (Å²) in [5.74, 6) is -0.401. The number of fused-ring (bicyclic) bond motifs is 1. The largest absolute Gasteiger partial charge is 0.368 e. The molecule has 1 aromatic carbocycles. The maximum atomic E-state index is 11.5. The summed E-state index contributed by atoms with van der Waals surface area (Å²) < 4.78 is 2.12. The molecule has 4 N–H and O–H groups in total. The Bertz CT molecular complexity index is 621. The summed E-state index contributed by atoms with van der Waals surface area (Å²) in [6.07, 6.45) is 5.01. The van der Waals surface area contributed by atoms with Crippen LogP contribution in [-0.2, 0) is 4.79 Å². The van der Waals surface area contributed by atoms with Gasteiger partial charge in [0, 0.05) is 6.04 Å². The minimum atomic E-state index is -0.881. The molecule has 2 unspecified atom stereocenters. The molecule has 5 heteroatoms. The zero-order chi connectivity index (χ0) is 13.5. The second kappa shape index (κ2) is 4.35. The van der Waals surface area contributed by atoms with Crippen LogP contribution < -0.4 is 11.5 Å². The molecule has 0 aliphatic heterocycles. The second-order valence-electron chi connectivity index (χ2n) is 5.41. The maximum Gasteiger partial charge on any atom is 0.237 e. The maximum absolute atomic E-state index is 11.5. The van der Waals surface area contributed by atoms with Crippen molar-refractivity contribution in [2.24, 2.45) is 11.5 Å². The molecule has 2 aromatic rings. The van der Waals surface area contributed by atoms with Crippen molar-refractivity contribution >= 4 is 16.9 Å². The van der Waals surface area contributed by atoms with E-state index in [1.807, 2.05) is 30.6 Å². The second-order valence-corrected chi connectivity index (χ2v) is 5.41. The van der Waals surface area contributed by atoms with Gasteiger partial charge < -0.3 is 16.0 Å². The molecule has 5 nitrogen and oxygen atoms in total. The van der Waals surface area contributed by atoms with Crippen molar-refractivity contribution in [3.8, 4) is 0 Å². The van der Waals surface area contributed by atoms with E-state index in [9.17, 15) is 4.79 Å². The zero-order valence-electron chi connectivity index (χ0n) is 10.7. The van der Waals surface area contributed by atoms with Crippen LogP contribution in [0.3, 0.4) is 0 Å². The van der Waals surface area contributed by atoms with Crippen molar-refractivity contribution in [3.63, 3.8) is 0 Å². The van der Waals surface area contributed by atoms with Gasteiger partial charge in [0.15, 0.2) is 0 Å². The van der Waals surface area contributed by atoms with Crippen LogP contribution in [-0.4, -0.2) is 21.0 Å². The Balaban J connectivity index is 1.96. The fraction of sp³-hybridized carbons (Fsp3) is 0.429. The highest BCUT2D eigenvalue weighted by Crippen LogP contribution is 2.35. The van der Waals surface area contributed by atoms with Gasteiger partial charge in [0.2, 0.25) is 5.91 Å². The normalized spacial score (nSPS) is 27.5. The number of hydrogen-bond acceptors (Lipinski definition) is 3. The minimum Gasteiger partial charge on any atom is -0.368 e. The molecule has 1 aliphatic carbocycles. The average molecular weight is 258 g/mol. The number of primary amides is 1. The quantitative estimate of drug-likeness (QED) is 0.852. The van der Waals surface area contributed by atoms with E-state index in [1.54, 1.807) is 0 Å². The van der Waals surface area contributed by atoms with Crippen LogP contribution in [0.2, 0.25) is 0 Å². The summed E-state index contributed by atoms with van der Waals surface area (Å²) in [4.78, 5) is 15.9. The summed E-state index contributed by atoms with van der Waals surface area (Å²) in [7, 11) is 0. The highest BCUT2D eigenvalue weighted by Gasteiger charge is 2.38. The highest BCUT2D eigenvalue weighted by atomic mass is 16.1. The molecule has 0 bridgehead atoms. The van der Waals surface area contributed by atoms with E-state index in [0.717, 1.165) is 23.9 Å². The van der Waals surface area contributed by atoms with Crippen molar-refractivity contribution in [1.29, 1.82) is 0 Å². The van der Waals surface area contributed by atoms with Gasteiger partial charge in [0.05, 0.1) is 22.9 Å². The van der Waals surface area contributed by atoms with E-state index in [0.29, 0.717) is 12.8 Å². The molecular formula is C14H18N4O. The van der Waals surface area contributed by atoms with Gasteiger partial charge in [0.1, 0.15) is 0 Å². The minimum absolute atomic E-state index is 0.193. The summed E-state index contributed by atoms with van der Waals surface area (Å²) in [6.45, 7) is 0. The van der Waals surface area contributed by atoms with Gasteiger partial charge in [-0.3, -0.25) is 4.79 Å². The summed E-state index contributed by atoms with van der Waals surface area (Å²) >= 11 is 0. The smallest absolute Gasteiger partial charge is 0.237 e. The van der Waals surface area contributed by atoms with Crippen LogP contribution in [0.1, 0.15) is 31.7 Å². The van der Waals surface area contributed by atoms with Crippen LogP contribution in [0.5, 0.6) is 0 Å². The molecule has 1 heterocycles. The van der Waals surface area contributed by atoms with Crippen molar-refractivity contribution in [3.05, 3.63) is 30.6 Å². The first-order chi connectivity index (χ1) is 9.10. The molecule has 100 valence electrons. The SMILES string of the molecule is NC(=O)C1(N)CCCC(n2cnc3ccccc32)C1. The molecule has 0 radical (unpaired) electrons. The molecule has 1 aromatic heterocycles. The van der Waals surface area contributed by atoms with Crippen LogP contribution >= 0.6 is 0 Å². The average Bonchev–Trinajstić information content (AvgIpc) is 2.82. The lowest BCUT2D eigenvalue weighted by Gasteiger charge is -2.36. The third kappa shape index (κ3) is 2.00. The van der Waals surface area contributed by atoms with Gasteiger partial charge >= 0.3 is 0 Å². The first kappa shape index (κ1) is 12.2. The number of carbonyl (C=O) groups excluding carboxylic acids is 1. The Kier molecular flexibility index (Phi) is 2.78. The van der Waals surface area contributed by atoms with E-state index < -0.39 is 11.4 Å². The fourth-order valence-electron chi connectivity index (χ4n) is 3.01. The number of rotatable bonds is 2. The van der Waals surface area contributed by atoms with E-state index in [4.69, 9.17) is 11.5 Å². The predicted molar refractivity (Wildman–Crippen MR) is 73.4 cm³/mol. The van der Waals surface area contributed by atoms with Crippen LogP contribution in [0, 0.1) is 0 Å². The Labute approximate surface area is 111 Å². The van der Waals surface area contributed by atoms with Crippen LogP contribution in [0.15, 0.2) is 30.6 Å². The first-order valence-corrected chi connectivity index (χ1v) is 6.60. The molecule has 1 saturated carbocycles. The zero-order valence-corrected chi connectivity index (χ0v) is 10.7. The van der Waals surface area contributed by atoms with Gasteiger partial charge in [0.25, 0.3) is 0 Å². The number of imidazole rings is 1. The third-order valence-corrected chi connectivity index (χ3v) is 4.13. The lowest BCUT2D eigenvalue weighted by Crippen LogP contribution is -2.54. The van der Waals surface area contributed by atoms with Gasteiger partial charge in [-0.15, -0.1) is 0 Å². The lowest BCUT2D eigenvalue weighted by atomic mass is 9.79. The molecule has 19 heavy (non-hydrogen) atoms. The molecule has 3 rings (SSSR count). The number of amides is 1. The molecule has 0 spiro atoms. The Morgan fingerprint density at radius 3 is 3.00 bits per heavy atom. The van der Waals surface area contributed by atoms with Gasteiger partial charge in [-0.1, -0.05) is 12.1 Å². The van der Waals surface area contributed by atoms with Crippen molar-refractivity contribution in [2.45, 2.75) is 37.3 Å². The molecular weight excluding hydrogens is 240 g/mol. The molecule has 0 saturated heterocycles. The Morgan fingerprint density at radius 1 is 1.42 bits per heavy atom. The van der Waals surface area contributed by atoms with Crippen LogP contribution in [0.25, 0.3) is 11.0 Å². The summed E-state index contributed by atoms with van der Waals surface area (Å²) in [6, 6.07) is 8.18. The number of benzene rings is 1. The molecule has 1 amide bonds. The highest BCUT2D eigenvalue weighted by molar-refractivity contribution is 5.84. The van der Waals surface area contributed by atoms with Gasteiger partial charge in [-0.25, -0.2) is 4.98 Å². The first-order valence-electron chi connectivity index (χ1n) is 6.60. The number of nitrogens with zero attached hydrogens (tertiary/aromatic N) is 2. The molecule has 1 fully saturated rings. The summed E-state index contributed by atoms with van der Waals surface area (Å²) in [5.41, 5.74) is 12.7. The van der Waals surface area contributed by atoms with E-state index >= 15 is 0 Å². The third-order valence-electron chi connectivity index (χ3n) is 4.13. The number of para-hydroxylation sites is 2. The Morgan fingerprint density at radius 2 is 2.21 bits per heavy atom. The fourth-order valence-corrected chi connectivity index (χ4v) is 3.01. The van der Waals surface area contributed by atoms with Crippen molar-refractivity contribution in [1.82, 2.24) is 9.55 Å². The molecule has 2 atom stereocenters. The van der Waals surface area contributed by atoms with Crippen molar-refractivity contribution < 1.29 is 4.79 Å². The van der Waals surface area contributed by atoms with E-state index in [2.05, 4.69) is 9.55 Å².